The Morgan fingerprint density at radius 1 is 1.23 bits per heavy atom. The lowest BCUT2D eigenvalue weighted by Gasteiger charge is -2.42. The average Bonchev–Trinajstić information content (AvgIpc) is 3.08. The minimum atomic E-state index is -0.965. The van der Waals surface area contributed by atoms with E-state index in [2.05, 4.69) is 30.2 Å². The van der Waals surface area contributed by atoms with Gasteiger partial charge in [0.2, 0.25) is 0 Å². The zero-order chi connectivity index (χ0) is 22.3. The molecular formula is C25H36ClFN4. The van der Waals surface area contributed by atoms with Gasteiger partial charge in [0, 0.05) is 24.2 Å². The third-order valence-corrected chi connectivity index (χ3v) is 7.79. The maximum atomic E-state index is 15.7. The molecule has 4 nitrogen and oxygen atoms in total. The topological polar surface area (TPSA) is 56.2 Å². The number of aromatic nitrogens is 3. The summed E-state index contributed by atoms with van der Waals surface area (Å²) in [5.41, 5.74) is 10.5. The van der Waals surface area contributed by atoms with Gasteiger partial charge >= 0.3 is 0 Å². The molecule has 0 saturated heterocycles. The zero-order valence-electron chi connectivity index (χ0n) is 19.2. The summed E-state index contributed by atoms with van der Waals surface area (Å²) in [4.78, 5) is 9.13. The van der Waals surface area contributed by atoms with Gasteiger partial charge in [-0.25, -0.2) is 14.4 Å². The molecule has 2 heterocycles. The number of halogens is 2. The molecule has 4 atom stereocenters. The Labute approximate surface area is 190 Å². The SMILES string of the molecule is Cc1nc(C(C)C2=C(CC(C)C)C(C3CCCCC3)C(F)C(Cl)C2)n2ccnc(N)c12. The number of alkyl halides is 2. The Hall–Kier alpha value is -1.62. The van der Waals surface area contributed by atoms with Gasteiger partial charge in [-0.3, -0.25) is 4.40 Å². The number of allylic oxidation sites excluding steroid dienone is 2. The standard InChI is InChI=1S/C25H36ClFN4/c1-14(2)12-19-18(13-20(26)22(27)21(19)17-8-6-5-7-9-17)15(3)25-30-16(4)23-24(28)29-10-11-31(23)25/h10-11,14-15,17,20-22H,5-9,12-13H2,1-4H3,(H2,28,29). The van der Waals surface area contributed by atoms with Crippen LogP contribution >= 0.6 is 11.6 Å². The van der Waals surface area contributed by atoms with Crippen LogP contribution in [-0.4, -0.2) is 25.9 Å². The molecule has 0 bridgehead atoms. The van der Waals surface area contributed by atoms with E-state index in [1.807, 2.05) is 13.1 Å². The smallest absolute Gasteiger partial charge is 0.149 e. The first-order valence-corrected chi connectivity index (χ1v) is 12.3. The zero-order valence-corrected chi connectivity index (χ0v) is 20.0. The van der Waals surface area contributed by atoms with E-state index >= 15 is 4.39 Å². The number of hydrogen-bond donors (Lipinski definition) is 1. The lowest BCUT2D eigenvalue weighted by Crippen LogP contribution is -2.39. The molecule has 6 heteroatoms. The minimum absolute atomic E-state index is 0.0524. The number of nitrogens with two attached hydrogens (primary N) is 1. The molecule has 2 aliphatic carbocycles. The highest BCUT2D eigenvalue weighted by atomic mass is 35.5. The van der Waals surface area contributed by atoms with Crippen LogP contribution in [0.2, 0.25) is 0 Å². The molecule has 170 valence electrons. The minimum Gasteiger partial charge on any atom is -0.382 e. The monoisotopic (exact) mass is 446 g/mol. The molecule has 2 aromatic rings. The number of fused-ring (bicyclic) bond motifs is 1. The largest absolute Gasteiger partial charge is 0.382 e. The van der Waals surface area contributed by atoms with Crippen LogP contribution < -0.4 is 5.73 Å². The summed E-state index contributed by atoms with van der Waals surface area (Å²) in [6.07, 6.45) is 10.1. The molecule has 2 N–H and O–H groups in total. The molecule has 0 spiro atoms. The normalized spacial score (nSPS) is 26.7. The molecule has 0 radical (unpaired) electrons. The van der Waals surface area contributed by atoms with Gasteiger partial charge in [0.05, 0.1) is 11.1 Å². The van der Waals surface area contributed by atoms with Crippen LogP contribution in [0.1, 0.15) is 83.2 Å². The molecule has 0 aromatic carbocycles. The Balaban J connectivity index is 1.83. The van der Waals surface area contributed by atoms with Crippen LogP contribution in [0.15, 0.2) is 23.5 Å². The van der Waals surface area contributed by atoms with Gasteiger partial charge in [-0.2, -0.15) is 0 Å². The van der Waals surface area contributed by atoms with E-state index in [0.717, 1.165) is 36.3 Å². The van der Waals surface area contributed by atoms with Crippen LogP contribution in [0.5, 0.6) is 0 Å². The number of anilines is 1. The predicted molar refractivity (Wildman–Crippen MR) is 126 cm³/mol. The maximum absolute atomic E-state index is 15.7. The van der Waals surface area contributed by atoms with Crippen molar-refractivity contribution in [2.75, 3.05) is 5.73 Å². The molecule has 1 fully saturated rings. The van der Waals surface area contributed by atoms with E-state index < -0.39 is 11.5 Å². The van der Waals surface area contributed by atoms with E-state index in [4.69, 9.17) is 22.3 Å². The Bertz CT molecular complexity index is 960. The van der Waals surface area contributed by atoms with E-state index in [-0.39, 0.29) is 11.8 Å². The Morgan fingerprint density at radius 3 is 2.61 bits per heavy atom. The fourth-order valence-electron chi connectivity index (χ4n) is 6.01. The second-order valence-corrected chi connectivity index (χ2v) is 10.6. The molecule has 2 aliphatic rings. The van der Waals surface area contributed by atoms with E-state index in [0.29, 0.717) is 24.1 Å². The number of rotatable bonds is 5. The summed E-state index contributed by atoms with van der Waals surface area (Å²) in [7, 11) is 0. The Morgan fingerprint density at radius 2 is 1.94 bits per heavy atom. The molecule has 4 rings (SSSR count). The van der Waals surface area contributed by atoms with Crippen molar-refractivity contribution in [1.82, 2.24) is 14.4 Å². The quantitative estimate of drug-likeness (QED) is 0.415. The van der Waals surface area contributed by atoms with Crippen molar-refractivity contribution in [2.24, 2.45) is 17.8 Å². The maximum Gasteiger partial charge on any atom is 0.149 e. The highest BCUT2D eigenvalue weighted by Crippen LogP contribution is 2.49. The van der Waals surface area contributed by atoms with Crippen molar-refractivity contribution >= 4 is 22.9 Å². The van der Waals surface area contributed by atoms with E-state index in [1.165, 1.54) is 30.4 Å². The van der Waals surface area contributed by atoms with Gasteiger partial charge in [-0.05, 0) is 44.4 Å². The fourth-order valence-corrected chi connectivity index (χ4v) is 6.34. The molecular weight excluding hydrogens is 411 g/mol. The molecule has 2 aromatic heterocycles. The number of aryl methyl sites for hydroxylation is 1. The molecule has 0 aliphatic heterocycles. The van der Waals surface area contributed by atoms with E-state index in [9.17, 15) is 0 Å². The van der Waals surface area contributed by atoms with E-state index in [1.54, 1.807) is 6.20 Å². The second kappa shape index (κ2) is 9.09. The molecule has 0 amide bonds. The van der Waals surface area contributed by atoms with Gasteiger partial charge in [0.1, 0.15) is 23.3 Å². The highest BCUT2D eigenvalue weighted by molar-refractivity contribution is 6.21. The van der Waals surface area contributed by atoms with Crippen molar-refractivity contribution in [3.63, 3.8) is 0 Å². The number of nitrogens with zero attached hydrogens (tertiary/aromatic N) is 3. The van der Waals surface area contributed by atoms with Crippen LogP contribution in [0.3, 0.4) is 0 Å². The summed E-state index contributed by atoms with van der Waals surface area (Å²) in [5, 5.41) is -0.473. The second-order valence-electron chi connectivity index (χ2n) is 10.0. The first-order chi connectivity index (χ1) is 14.8. The lowest BCUT2D eigenvalue weighted by molar-refractivity contribution is 0.139. The van der Waals surface area contributed by atoms with Crippen LogP contribution in [0.25, 0.3) is 5.52 Å². The summed E-state index contributed by atoms with van der Waals surface area (Å²) in [5.74, 6) is 2.30. The number of hydrogen-bond acceptors (Lipinski definition) is 3. The van der Waals surface area contributed by atoms with Crippen LogP contribution in [0, 0.1) is 24.7 Å². The summed E-state index contributed by atoms with van der Waals surface area (Å²) < 4.78 is 17.7. The fraction of sp³-hybridized carbons (Fsp3) is 0.680. The third-order valence-electron chi connectivity index (χ3n) is 7.40. The summed E-state index contributed by atoms with van der Waals surface area (Å²) in [6, 6.07) is 0. The summed E-state index contributed by atoms with van der Waals surface area (Å²) in [6.45, 7) is 8.63. The number of nitrogen functional groups attached to an aromatic ring is 1. The van der Waals surface area contributed by atoms with Crippen molar-refractivity contribution in [1.29, 1.82) is 0 Å². The van der Waals surface area contributed by atoms with Gasteiger partial charge in [-0.15, -0.1) is 11.6 Å². The van der Waals surface area contributed by atoms with Crippen molar-refractivity contribution in [3.05, 3.63) is 35.1 Å². The molecule has 1 saturated carbocycles. The van der Waals surface area contributed by atoms with Crippen molar-refractivity contribution in [3.8, 4) is 0 Å². The Kier molecular flexibility index (Phi) is 6.62. The number of imidazole rings is 1. The first kappa shape index (κ1) is 22.6. The van der Waals surface area contributed by atoms with Gasteiger partial charge in [0.15, 0.2) is 0 Å². The summed E-state index contributed by atoms with van der Waals surface area (Å²) >= 11 is 6.69. The highest BCUT2D eigenvalue weighted by Gasteiger charge is 2.43. The predicted octanol–water partition coefficient (Wildman–Crippen LogP) is 6.61. The van der Waals surface area contributed by atoms with Crippen molar-refractivity contribution < 1.29 is 4.39 Å². The lowest BCUT2D eigenvalue weighted by atomic mass is 9.66. The van der Waals surface area contributed by atoms with Gasteiger partial charge < -0.3 is 5.73 Å². The van der Waals surface area contributed by atoms with Crippen LogP contribution in [-0.2, 0) is 0 Å². The van der Waals surface area contributed by atoms with Crippen LogP contribution in [0.4, 0.5) is 10.2 Å². The van der Waals surface area contributed by atoms with Gasteiger partial charge in [-0.1, -0.05) is 51.2 Å². The van der Waals surface area contributed by atoms with Gasteiger partial charge in [0.25, 0.3) is 0 Å². The molecule has 31 heavy (non-hydrogen) atoms. The third kappa shape index (κ3) is 4.22. The van der Waals surface area contributed by atoms with Crippen molar-refractivity contribution in [2.45, 2.75) is 90.1 Å². The average molecular weight is 447 g/mol. The molecule has 4 unspecified atom stereocenters. The first-order valence-electron chi connectivity index (χ1n) is 11.9.